The third kappa shape index (κ3) is 8.93. The molecule has 4 N–H and O–H groups in total. The third-order valence-corrected chi connectivity index (χ3v) is 9.58. The molecule has 0 spiro atoms. The molecular formula is C40H47N7O7. The number of ether oxygens (including phenoxy) is 1. The normalized spacial score (nSPS) is 16.0. The summed E-state index contributed by atoms with van der Waals surface area (Å²) < 4.78 is 7.03. The van der Waals surface area contributed by atoms with Crippen molar-refractivity contribution in [2.24, 2.45) is 12.0 Å². The van der Waals surface area contributed by atoms with Crippen molar-refractivity contribution in [1.82, 2.24) is 20.1 Å². The summed E-state index contributed by atoms with van der Waals surface area (Å²) in [7, 11) is 3.26. The summed E-state index contributed by atoms with van der Waals surface area (Å²) in [5, 5.41) is 12.8. The molecule has 2 aliphatic heterocycles. The molecule has 54 heavy (non-hydrogen) atoms. The number of unbranched alkanes of at least 4 members (excludes halogenated alkanes) is 5. The first kappa shape index (κ1) is 39.2. The molecule has 5 amide bonds. The third-order valence-electron chi connectivity index (χ3n) is 9.58. The number of nitrogens with zero attached hydrogens (tertiary/aromatic N) is 3. The maximum atomic E-state index is 13.3. The van der Waals surface area contributed by atoms with Gasteiger partial charge in [-0.3, -0.25) is 44.0 Å². The minimum atomic E-state index is -0.997. The van der Waals surface area contributed by atoms with Gasteiger partial charge in [0.2, 0.25) is 17.7 Å². The number of pyridine rings is 1. The van der Waals surface area contributed by atoms with Crippen LogP contribution in [0.25, 0.3) is 23.4 Å². The van der Waals surface area contributed by atoms with E-state index in [2.05, 4.69) is 33.0 Å². The van der Waals surface area contributed by atoms with Gasteiger partial charge in [0.15, 0.2) is 0 Å². The zero-order chi connectivity index (χ0) is 38.8. The van der Waals surface area contributed by atoms with Crippen molar-refractivity contribution in [3.05, 3.63) is 74.5 Å². The van der Waals surface area contributed by atoms with Gasteiger partial charge in [-0.25, -0.2) is 0 Å². The van der Waals surface area contributed by atoms with Crippen LogP contribution in [0, 0.1) is 0 Å². The van der Waals surface area contributed by atoms with Crippen molar-refractivity contribution < 1.29 is 28.7 Å². The fraction of sp³-hybridized carbons (Fsp3) is 0.375. The highest BCUT2D eigenvalue weighted by molar-refractivity contribution is 6.25. The van der Waals surface area contributed by atoms with E-state index in [4.69, 9.17) is 4.74 Å². The topological polar surface area (TPSA) is 180 Å². The van der Waals surface area contributed by atoms with Crippen LogP contribution in [0.15, 0.2) is 52.4 Å². The van der Waals surface area contributed by atoms with Crippen LogP contribution >= 0.6 is 0 Å². The summed E-state index contributed by atoms with van der Waals surface area (Å²) >= 11 is 0. The summed E-state index contributed by atoms with van der Waals surface area (Å²) in [4.78, 5) is 80.4. The van der Waals surface area contributed by atoms with Gasteiger partial charge in [0.05, 0.1) is 30.0 Å². The van der Waals surface area contributed by atoms with Gasteiger partial charge in [-0.1, -0.05) is 37.8 Å². The standard InChI is InChI=1S/C40H47N7O7/c1-5-28-30(22-41-2)38(51)46(3)24-31(28)25-19-26(21-27(20-25)54-4)44-23-35(49)43-18-11-9-7-6-8-10-17-42-32-14-12-13-29-36(32)40(53)47(39(29)52)33-15-16-34(48)45-37(33)50/h5,12-14,19-22,24,33,42,44H,2,6-11,15-18,23H2,1,3-4H3,(H,43,49)(H,45,48,50)/b28-5+,30-22+. The van der Waals surface area contributed by atoms with E-state index in [0.29, 0.717) is 35.4 Å². The van der Waals surface area contributed by atoms with Crippen molar-refractivity contribution in [2.45, 2.75) is 64.3 Å². The second-order valence-corrected chi connectivity index (χ2v) is 13.3. The average Bonchev–Trinajstić information content (AvgIpc) is 3.42. The first-order valence-corrected chi connectivity index (χ1v) is 18.2. The molecule has 0 saturated carbocycles. The molecule has 284 valence electrons. The Hall–Kier alpha value is -6.05. The second kappa shape index (κ2) is 18.1. The number of fused-ring (bicyclic) bond motifs is 1. The van der Waals surface area contributed by atoms with E-state index in [9.17, 15) is 28.8 Å². The van der Waals surface area contributed by atoms with Crippen molar-refractivity contribution in [3.8, 4) is 16.9 Å². The Morgan fingerprint density at radius 2 is 1.70 bits per heavy atom. The van der Waals surface area contributed by atoms with Gasteiger partial charge >= 0.3 is 0 Å². The Bertz CT molecular complexity index is 2140. The molecule has 1 aromatic heterocycles. The van der Waals surface area contributed by atoms with Crippen LogP contribution in [0.3, 0.4) is 0 Å². The Morgan fingerprint density at radius 1 is 0.963 bits per heavy atom. The van der Waals surface area contributed by atoms with E-state index in [1.165, 1.54) is 10.8 Å². The molecule has 0 bridgehead atoms. The van der Waals surface area contributed by atoms with Gasteiger partial charge < -0.3 is 25.3 Å². The Balaban J connectivity index is 1.01. The van der Waals surface area contributed by atoms with Crippen LogP contribution in [-0.2, 0) is 21.4 Å². The van der Waals surface area contributed by atoms with Crippen LogP contribution in [-0.4, -0.2) is 78.5 Å². The summed E-state index contributed by atoms with van der Waals surface area (Å²) in [5.41, 5.74) is 3.21. The number of nitrogens with one attached hydrogen (secondary N) is 4. The van der Waals surface area contributed by atoms with E-state index >= 15 is 0 Å². The molecule has 0 radical (unpaired) electrons. The lowest BCUT2D eigenvalue weighted by Crippen LogP contribution is -2.54. The molecule has 2 aromatic carbocycles. The maximum Gasteiger partial charge on any atom is 0.264 e. The number of hydrogen-bond donors (Lipinski definition) is 4. The number of hydrogen-bond acceptors (Lipinski definition) is 10. The Morgan fingerprint density at radius 3 is 2.41 bits per heavy atom. The molecule has 3 heterocycles. The fourth-order valence-electron chi connectivity index (χ4n) is 6.82. The van der Waals surface area contributed by atoms with Crippen LogP contribution in [0.2, 0.25) is 0 Å². The minimum absolute atomic E-state index is 0.0740. The largest absolute Gasteiger partial charge is 0.497 e. The number of anilines is 2. The fourth-order valence-corrected chi connectivity index (χ4v) is 6.82. The molecule has 1 unspecified atom stereocenters. The minimum Gasteiger partial charge on any atom is -0.497 e. The number of carbonyl (C=O) groups is 5. The predicted octanol–water partition coefficient (Wildman–Crippen LogP) is 2.68. The van der Waals surface area contributed by atoms with Gasteiger partial charge in [0.1, 0.15) is 11.8 Å². The molecule has 0 aliphatic carbocycles. The highest BCUT2D eigenvalue weighted by Crippen LogP contribution is 2.32. The number of methoxy groups -OCH3 is 1. The highest BCUT2D eigenvalue weighted by Gasteiger charge is 2.45. The molecule has 14 nitrogen and oxygen atoms in total. The average molecular weight is 738 g/mol. The smallest absolute Gasteiger partial charge is 0.264 e. The summed E-state index contributed by atoms with van der Waals surface area (Å²) in [6.07, 6.45) is 11.0. The lowest BCUT2D eigenvalue weighted by Gasteiger charge is -2.27. The van der Waals surface area contributed by atoms with Crippen molar-refractivity contribution >= 4 is 59.9 Å². The SMILES string of the molecule is C=N/C=c1/c(=O)n(C)cc(-c2cc(NCC(=O)NCCCCCCCCNc3cccc4c3C(=O)N(C3CCC(=O)NC3=O)C4=O)cc(OC)c2)/c1=C/C. The Kier molecular flexibility index (Phi) is 13.1. The van der Waals surface area contributed by atoms with Gasteiger partial charge in [-0.2, -0.15) is 0 Å². The van der Waals surface area contributed by atoms with Crippen molar-refractivity contribution in [3.63, 3.8) is 0 Å². The maximum absolute atomic E-state index is 13.3. The van der Waals surface area contributed by atoms with E-state index < -0.39 is 29.7 Å². The van der Waals surface area contributed by atoms with Gasteiger partial charge in [0, 0.05) is 62.0 Å². The van der Waals surface area contributed by atoms with E-state index in [0.717, 1.165) is 59.8 Å². The summed E-state index contributed by atoms with van der Waals surface area (Å²) in [6, 6.07) is 9.64. The number of aromatic nitrogens is 1. The molecule has 14 heteroatoms. The van der Waals surface area contributed by atoms with E-state index in [1.807, 2.05) is 31.2 Å². The lowest BCUT2D eigenvalue weighted by atomic mass is 10.0. The number of aryl methyl sites for hydroxylation is 1. The molecule has 1 saturated heterocycles. The number of piperidine rings is 1. The monoisotopic (exact) mass is 737 g/mol. The molecular weight excluding hydrogens is 690 g/mol. The highest BCUT2D eigenvalue weighted by atomic mass is 16.5. The van der Waals surface area contributed by atoms with Gasteiger partial charge in [-0.05, 0) is 68.0 Å². The van der Waals surface area contributed by atoms with Crippen LogP contribution < -0.4 is 42.0 Å². The molecule has 1 atom stereocenters. The van der Waals surface area contributed by atoms with Crippen molar-refractivity contribution in [1.29, 1.82) is 0 Å². The number of carbonyl (C=O) groups excluding carboxylic acids is 5. The second-order valence-electron chi connectivity index (χ2n) is 13.3. The number of imide groups is 2. The molecule has 3 aromatic rings. The van der Waals surface area contributed by atoms with Gasteiger partial charge in [0.25, 0.3) is 17.4 Å². The number of rotatable bonds is 17. The van der Waals surface area contributed by atoms with E-state index in [-0.39, 0.29) is 42.0 Å². The lowest BCUT2D eigenvalue weighted by molar-refractivity contribution is -0.136. The quantitative estimate of drug-likeness (QED) is 0.0921. The Labute approximate surface area is 313 Å². The molecule has 2 aliphatic rings. The number of benzene rings is 2. The number of amides is 5. The van der Waals surface area contributed by atoms with E-state index in [1.54, 1.807) is 38.6 Å². The molecule has 1 fully saturated rings. The predicted molar refractivity (Wildman–Crippen MR) is 208 cm³/mol. The first-order valence-electron chi connectivity index (χ1n) is 18.2. The van der Waals surface area contributed by atoms with Gasteiger partial charge in [-0.15, -0.1) is 0 Å². The van der Waals surface area contributed by atoms with Crippen LogP contribution in [0.1, 0.15) is 79.0 Å². The van der Waals surface area contributed by atoms with Crippen molar-refractivity contribution in [2.75, 3.05) is 37.4 Å². The van der Waals surface area contributed by atoms with Crippen LogP contribution in [0.4, 0.5) is 11.4 Å². The zero-order valence-electron chi connectivity index (χ0n) is 31.0. The summed E-state index contributed by atoms with van der Waals surface area (Å²) in [6.45, 7) is 6.62. The zero-order valence-corrected chi connectivity index (χ0v) is 31.0. The van der Waals surface area contributed by atoms with Crippen LogP contribution in [0.5, 0.6) is 5.75 Å². The summed E-state index contributed by atoms with van der Waals surface area (Å²) in [5.74, 6) is -1.61. The molecule has 5 rings (SSSR count). The first-order chi connectivity index (χ1) is 26.1. The number of aliphatic imine (C=N–C) groups is 1.